The Kier molecular flexibility index (Phi) is 4.10. The van der Waals surface area contributed by atoms with Gasteiger partial charge >= 0.3 is 5.97 Å². The lowest BCUT2D eigenvalue weighted by Gasteiger charge is -1.97. The maximum Gasteiger partial charge on any atom is 0.338 e. The fourth-order valence-corrected chi connectivity index (χ4v) is 1.07. The Morgan fingerprint density at radius 3 is 2.93 bits per heavy atom. The Hall–Kier alpha value is -1.57. The Balaban J connectivity index is 2.99. The highest BCUT2D eigenvalue weighted by Crippen LogP contribution is 2.13. The van der Waals surface area contributed by atoms with E-state index in [2.05, 4.69) is 16.8 Å². The van der Waals surface area contributed by atoms with Crippen LogP contribution in [-0.2, 0) is 0 Å². The zero-order valence-corrected chi connectivity index (χ0v) is 8.45. The van der Waals surface area contributed by atoms with Gasteiger partial charge in [0.25, 0.3) is 0 Å². The molecule has 15 heavy (non-hydrogen) atoms. The molecule has 5 heteroatoms. The Bertz CT molecular complexity index is 434. The molecule has 0 atom stereocenters. The summed E-state index contributed by atoms with van der Waals surface area (Å²) in [6.45, 7) is -0.0280. The van der Waals surface area contributed by atoms with Crippen LogP contribution < -0.4 is 0 Å². The highest BCUT2D eigenvalue weighted by Gasteiger charge is 2.09. The largest absolute Gasteiger partial charge is 0.478 e. The minimum absolute atomic E-state index is 0.0280. The maximum absolute atomic E-state index is 10.7. The highest BCUT2D eigenvalue weighted by molar-refractivity contribution is 6.32. The number of hydrogen-bond acceptors (Lipinski definition) is 3. The summed E-state index contributed by atoms with van der Waals surface area (Å²) < 4.78 is 0. The number of aliphatic hydroxyl groups is 1. The Labute approximate surface area is 91.5 Å². The van der Waals surface area contributed by atoms with Gasteiger partial charge in [-0.3, -0.25) is 0 Å². The second kappa shape index (κ2) is 5.35. The molecular formula is C10H8ClNO3. The van der Waals surface area contributed by atoms with Gasteiger partial charge in [-0.2, -0.15) is 0 Å². The first-order chi connectivity index (χ1) is 7.15. The molecule has 0 aliphatic carbocycles. The molecule has 0 saturated carbocycles. The van der Waals surface area contributed by atoms with Crippen molar-refractivity contribution < 1.29 is 15.0 Å². The van der Waals surface area contributed by atoms with Crippen molar-refractivity contribution >= 4 is 17.6 Å². The summed E-state index contributed by atoms with van der Waals surface area (Å²) in [5.41, 5.74) is 0.387. The molecular weight excluding hydrogens is 218 g/mol. The quantitative estimate of drug-likeness (QED) is 0.586. The molecule has 0 fully saturated rings. The average molecular weight is 226 g/mol. The van der Waals surface area contributed by atoms with Crippen LogP contribution in [0.5, 0.6) is 0 Å². The zero-order chi connectivity index (χ0) is 11.3. The predicted molar refractivity (Wildman–Crippen MR) is 54.8 cm³/mol. The summed E-state index contributed by atoms with van der Waals surface area (Å²) in [4.78, 5) is 14.4. The molecule has 4 nitrogen and oxygen atoms in total. The number of rotatable bonds is 2. The molecule has 0 saturated heterocycles. The van der Waals surface area contributed by atoms with Crippen molar-refractivity contribution in [3.05, 3.63) is 28.5 Å². The molecule has 0 aliphatic rings. The lowest BCUT2D eigenvalue weighted by molar-refractivity contribution is 0.0696. The number of aromatic carboxylic acids is 1. The molecule has 78 valence electrons. The van der Waals surface area contributed by atoms with Gasteiger partial charge in [-0.15, -0.1) is 0 Å². The third-order valence-electron chi connectivity index (χ3n) is 1.54. The maximum atomic E-state index is 10.7. The SMILES string of the molecule is O=C(O)c1cc(C#CCCO)cnc1Cl. The van der Waals surface area contributed by atoms with E-state index in [4.69, 9.17) is 21.8 Å². The van der Waals surface area contributed by atoms with Crippen LogP contribution in [0.3, 0.4) is 0 Å². The van der Waals surface area contributed by atoms with Crippen molar-refractivity contribution in [1.82, 2.24) is 4.98 Å². The molecule has 1 rings (SSSR count). The van der Waals surface area contributed by atoms with Gasteiger partial charge in [-0.05, 0) is 6.07 Å². The number of aliphatic hydroxyl groups excluding tert-OH is 1. The molecule has 0 aromatic carbocycles. The molecule has 1 aromatic heterocycles. The molecule has 0 aliphatic heterocycles. The molecule has 1 aromatic rings. The molecule has 0 unspecified atom stereocenters. The van der Waals surface area contributed by atoms with Crippen LogP contribution in [0.4, 0.5) is 0 Å². The summed E-state index contributed by atoms with van der Waals surface area (Å²) in [6.07, 6.45) is 1.73. The first-order valence-corrected chi connectivity index (χ1v) is 4.51. The first-order valence-electron chi connectivity index (χ1n) is 4.13. The van der Waals surface area contributed by atoms with Crippen LogP contribution >= 0.6 is 11.6 Å². The lowest BCUT2D eigenvalue weighted by atomic mass is 10.2. The van der Waals surface area contributed by atoms with E-state index in [-0.39, 0.29) is 17.3 Å². The normalized spacial score (nSPS) is 9.20. The van der Waals surface area contributed by atoms with Gasteiger partial charge in [-0.1, -0.05) is 23.4 Å². The fourth-order valence-electron chi connectivity index (χ4n) is 0.887. The van der Waals surface area contributed by atoms with E-state index in [9.17, 15) is 4.79 Å². The van der Waals surface area contributed by atoms with E-state index in [1.165, 1.54) is 12.3 Å². The minimum atomic E-state index is -1.14. The number of carboxylic acid groups (broad SMARTS) is 1. The number of aromatic nitrogens is 1. The van der Waals surface area contributed by atoms with Crippen molar-refractivity contribution in [1.29, 1.82) is 0 Å². The summed E-state index contributed by atoms with van der Waals surface area (Å²) in [5.74, 6) is 4.19. The number of carboxylic acids is 1. The molecule has 2 N–H and O–H groups in total. The van der Waals surface area contributed by atoms with Crippen LogP contribution in [0.2, 0.25) is 5.15 Å². The van der Waals surface area contributed by atoms with Crippen LogP contribution in [0.1, 0.15) is 22.3 Å². The number of hydrogen-bond donors (Lipinski definition) is 2. The number of nitrogens with zero attached hydrogens (tertiary/aromatic N) is 1. The first kappa shape index (κ1) is 11.5. The number of pyridine rings is 1. The monoisotopic (exact) mass is 225 g/mol. The minimum Gasteiger partial charge on any atom is -0.478 e. The third-order valence-corrected chi connectivity index (χ3v) is 1.84. The molecule has 1 heterocycles. The topological polar surface area (TPSA) is 70.4 Å². The average Bonchev–Trinajstić information content (AvgIpc) is 2.20. The fraction of sp³-hybridized carbons (Fsp3) is 0.200. The molecule has 0 spiro atoms. The highest BCUT2D eigenvalue weighted by atomic mass is 35.5. The molecule has 0 radical (unpaired) electrons. The number of halogens is 1. The van der Waals surface area contributed by atoms with Crippen LogP contribution in [0.25, 0.3) is 0 Å². The molecule has 0 bridgehead atoms. The van der Waals surface area contributed by atoms with E-state index in [1.54, 1.807) is 0 Å². The van der Waals surface area contributed by atoms with E-state index in [0.717, 1.165) is 0 Å². The van der Waals surface area contributed by atoms with Crippen LogP contribution in [0.15, 0.2) is 12.3 Å². The smallest absolute Gasteiger partial charge is 0.338 e. The second-order valence-electron chi connectivity index (χ2n) is 2.64. The summed E-state index contributed by atoms with van der Waals surface area (Å²) in [6, 6.07) is 1.35. The van der Waals surface area contributed by atoms with Gasteiger partial charge in [0.15, 0.2) is 0 Å². The summed E-state index contributed by atoms with van der Waals surface area (Å²) in [7, 11) is 0. The van der Waals surface area contributed by atoms with E-state index in [1.807, 2.05) is 0 Å². The second-order valence-corrected chi connectivity index (χ2v) is 3.00. The van der Waals surface area contributed by atoms with Crippen molar-refractivity contribution in [3.8, 4) is 11.8 Å². The predicted octanol–water partition coefficient (Wildman–Crippen LogP) is 1.17. The van der Waals surface area contributed by atoms with Crippen molar-refractivity contribution in [2.75, 3.05) is 6.61 Å². The van der Waals surface area contributed by atoms with Gasteiger partial charge in [0, 0.05) is 18.2 Å². The lowest BCUT2D eigenvalue weighted by Crippen LogP contribution is -1.99. The van der Waals surface area contributed by atoms with E-state index < -0.39 is 5.97 Å². The number of carbonyl (C=O) groups is 1. The van der Waals surface area contributed by atoms with Crippen molar-refractivity contribution in [3.63, 3.8) is 0 Å². The van der Waals surface area contributed by atoms with E-state index >= 15 is 0 Å². The summed E-state index contributed by atoms with van der Waals surface area (Å²) >= 11 is 5.57. The van der Waals surface area contributed by atoms with Crippen LogP contribution in [0, 0.1) is 11.8 Å². The Morgan fingerprint density at radius 1 is 1.60 bits per heavy atom. The van der Waals surface area contributed by atoms with Crippen molar-refractivity contribution in [2.45, 2.75) is 6.42 Å². The van der Waals surface area contributed by atoms with Gasteiger partial charge in [0.1, 0.15) is 5.15 Å². The van der Waals surface area contributed by atoms with Crippen molar-refractivity contribution in [2.24, 2.45) is 0 Å². The van der Waals surface area contributed by atoms with Gasteiger partial charge in [0.2, 0.25) is 0 Å². The molecule has 0 amide bonds. The van der Waals surface area contributed by atoms with Crippen LogP contribution in [-0.4, -0.2) is 27.8 Å². The third kappa shape index (κ3) is 3.24. The van der Waals surface area contributed by atoms with Gasteiger partial charge < -0.3 is 10.2 Å². The van der Waals surface area contributed by atoms with Gasteiger partial charge in [-0.25, -0.2) is 9.78 Å². The standard InChI is InChI=1S/C10H8ClNO3/c11-9-8(10(14)15)5-7(6-12-9)3-1-2-4-13/h5-6,13H,2,4H2,(H,14,15). The Morgan fingerprint density at radius 2 is 2.33 bits per heavy atom. The zero-order valence-electron chi connectivity index (χ0n) is 7.70. The van der Waals surface area contributed by atoms with E-state index in [0.29, 0.717) is 12.0 Å². The van der Waals surface area contributed by atoms with Gasteiger partial charge in [0.05, 0.1) is 12.2 Å². The summed E-state index contributed by atoms with van der Waals surface area (Å²) in [5, 5.41) is 17.2.